The van der Waals surface area contributed by atoms with Crippen LogP contribution in [0.25, 0.3) is 0 Å². The molecule has 0 radical (unpaired) electrons. The molecule has 6 heteroatoms. The van der Waals surface area contributed by atoms with E-state index in [4.69, 9.17) is 14.2 Å². The molecule has 0 aliphatic carbocycles. The summed E-state index contributed by atoms with van der Waals surface area (Å²) in [6.45, 7) is 6.67. The van der Waals surface area contributed by atoms with Crippen molar-refractivity contribution >= 4 is 17.9 Å². The Morgan fingerprint density at radius 2 is 0.514 bits per heavy atom. The summed E-state index contributed by atoms with van der Waals surface area (Å²) < 4.78 is 16.9. The van der Waals surface area contributed by atoms with Gasteiger partial charge in [0.15, 0.2) is 6.10 Å². The lowest BCUT2D eigenvalue weighted by Crippen LogP contribution is -2.30. The van der Waals surface area contributed by atoms with Crippen LogP contribution in [0.2, 0.25) is 0 Å². The van der Waals surface area contributed by atoms with Crippen LogP contribution in [0.5, 0.6) is 0 Å². The van der Waals surface area contributed by atoms with Crippen LogP contribution >= 0.6 is 0 Å². The van der Waals surface area contributed by atoms with Gasteiger partial charge in [-0.1, -0.05) is 302 Å². The molecule has 0 fully saturated rings. The first-order valence-electron chi connectivity index (χ1n) is 31.3. The highest BCUT2D eigenvalue weighted by Gasteiger charge is 2.19. The molecule has 0 amide bonds. The Hall–Kier alpha value is -2.11. The molecule has 0 aliphatic heterocycles. The van der Waals surface area contributed by atoms with Crippen molar-refractivity contribution in [3.8, 4) is 0 Å². The van der Waals surface area contributed by atoms with Crippen molar-refractivity contribution in [2.24, 2.45) is 0 Å². The summed E-state index contributed by atoms with van der Waals surface area (Å²) >= 11 is 0. The second-order valence-corrected chi connectivity index (χ2v) is 21.3. The molecule has 0 N–H and O–H groups in total. The van der Waals surface area contributed by atoms with Crippen LogP contribution < -0.4 is 0 Å². The summed E-state index contributed by atoms with van der Waals surface area (Å²) in [6.07, 6.45) is 70.4. The predicted octanol–water partition coefficient (Wildman–Crippen LogP) is 21.1. The van der Waals surface area contributed by atoms with Crippen LogP contribution in [0, 0.1) is 0 Å². The highest BCUT2D eigenvalue weighted by Crippen LogP contribution is 2.18. The Morgan fingerprint density at radius 3 is 0.814 bits per heavy atom. The van der Waals surface area contributed by atoms with E-state index in [0.717, 1.165) is 70.6 Å². The third-order valence-corrected chi connectivity index (χ3v) is 14.2. The Kier molecular flexibility index (Phi) is 57.7. The quantitative estimate of drug-likeness (QED) is 0.0261. The largest absolute Gasteiger partial charge is 0.462 e. The minimum absolute atomic E-state index is 0.0686. The molecule has 70 heavy (non-hydrogen) atoms. The van der Waals surface area contributed by atoms with Crippen LogP contribution in [0.1, 0.15) is 348 Å². The van der Waals surface area contributed by atoms with Crippen molar-refractivity contribution in [1.82, 2.24) is 0 Å². The molecule has 6 nitrogen and oxygen atoms in total. The molecule has 0 saturated carbocycles. The first-order chi connectivity index (χ1) is 34.5. The molecular formula is C64H120O6. The topological polar surface area (TPSA) is 78.9 Å². The Morgan fingerprint density at radius 1 is 0.286 bits per heavy atom. The van der Waals surface area contributed by atoms with E-state index in [0.29, 0.717) is 19.3 Å². The van der Waals surface area contributed by atoms with E-state index < -0.39 is 6.10 Å². The van der Waals surface area contributed by atoms with Gasteiger partial charge < -0.3 is 14.2 Å². The fourth-order valence-corrected chi connectivity index (χ4v) is 9.48. The van der Waals surface area contributed by atoms with Crippen molar-refractivity contribution in [3.63, 3.8) is 0 Å². The Labute approximate surface area is 436 Å². The van der Waals surface area contributed by atoms with Gasteiger partial charge in [0.05, 0.1) is 0 Å². The van der Waals surface area contributed by atoms with Crippen LogP contribution in [0.4, 0.5) is 0 Å². The number of hydrogen-bond acceptors (Lipinski definition) is 6. The van der Waals surface area contributed by atoms with E-state index in [1.165, 1.54) is 238 Å². The van der Waals surface area contributed by atoms with Crippen molar-refractivity contribution in [1.29, 1.82) is 0 Å². The lowest BCUT2D eigenvalue weighted by molar-refractivity contribution is -0.167. The average Bonchev–Trinajstić information content (AvgIpc) is 3.36. The molecule has 0 saturated heterocycles. The van der Waals surface area contributed by atoms with E-state index in [1.807, 2.05) is 0 Å². The van der Waals surface area contributed by atoms with Crippen molar-refractivity contribution in [2.45, 2.75) is 354 Å². The maximum absolute atomic E-state index is 12.9. The SMILES string of the molecule is CCCCC/C=C\C/C=C\CCCCCCCCCC(=O)OC(COC(=O)CCCCCCCCCCCCCCC)COC(=O)CCCCCCCCCCCCCCCCCCCCCCCC. The summed E-state index contributed by atoms with van der Waals surface area (Å²) in [5.41, 5.74) is 0. The van der Waals surface area contributed by atoms with E-state index >= 15 is 0 Å². The van der Waals surface area contributed by atoms with Crippen LogP contribution in [0.3, 0.4) is 0 Å². The first-order valence-corrected chi connectivity index (χ1v) is 31.3. The predicted molar refractivity (Wildman–Crippen MR) is 303 cm³/mol. The molecule has 1 unspecified atom stereocenters. The molecule has 0 aliphatic rings. The molecule has 0 aromatic rings. The highest BCUT2D eigenvalue weighted by molar-refractivity contribution is 5.71. The number of carbonyl (C=O) groups is 3. The van der Waals surface area contributed by atoms with Crippen molar-refractivity contribution < 1.29 is 28.6 Å². The lowest BCUT2D eigenvalue weighted by atomic mass is 10.0. The fraction of sp³-hybridized carbons (Fsp3) is 0.891. The molecule has 0 heterocycles. The molecule has 412 valence electrons. The van der Waals surface area contributed by atoms with Crippen LogP contribution in [0.15, 0.2) is 24.3 Å². The second kappa shape index (κ2) is 59.5. The highest BCUT2D eigenvalue weighted by atomic mass is 16.6. The minimum Gasteiger partial charge on any atom is -0.462 e. The summed E-state index contributed by atoms with van der Waals surface area (Å²) in [5.74, 6) is -0.851. The Balaban J connectivity index is 4.27. The van der Waals surface area contributed by atoms with Gasteiger partial charge in [-0.3, -0.25) is 14.4 Å². The van der Waals surface area contributed by atoms with E-state index in [2.05, 4.69) is 45.1 Å². The van der Waals surface area contributed by atoms with Gasteiger partial charge in [-0.05, 0) is 51.4 Å². The van der Waals surface area contributed by atoms with Gasteiger partial charge in [-0.25, -0.2) is 0 Å². The van der Waals surface area contributed by atoms with E-state index in [1.54, 1.807) is 0 Å². The zero-order chi connectivity index (χ0) is 50.7. The van der Waals surface area contributed by atoms with Crippen LogP contribution in [-0.4, -0.2) is 37.2 Å². The zero-order valence-corrected chi connectivity index (χ0v) is 47.3. The normalized spacial score (nSPS) is 12.1. The summed E-state index contributed by atoms with van der Waals surface area (Å²) in [7, 11) is 0. The van der Waals surface area contributed by atoms with Gasteiger partial charge in [-0.2, -0.15) is 0 Å². The molecule has 0 aromatic heterocycles. The average molecular weight is 986 g/mol. The molecule has 0 aromatic carbocycles. The number of rotatable bonds is 58. The summed E-state index contributed by atoms with van der Waals surface area (Å²) in [6, 6.07) is 0. The Bertz CT molecular complexity index is 1130. The van der Waals surface area contributed by atoms with Gasteiger partial charge in [0.25, 0.3) is 0 Å². The summed E-state index contributed by atoms with van der Waals surface area (Å²) in [4.78, 5) is 38.2. The molecule has 0 rings (SSSR count). The third-order valence-electron chi connectivity index (χ3n) is 14.2. The summed E-state index contributed by atoms with van der Waals surface area (Å²) in [5, 5.41) is 0. The number of hydrogen-bond donors (Lipinski definition) is 0. The molecular weight excluding hydrogens is 865 g/mol. The monoisotopic (exact) mass is 985 g/mol. The number of allylic oxidation sites excluding steroid dienone is 4. The second-order valence-electron chi connectivity index (χ2n) is 21.3. The maximum atomic E-state index is 12.9. The van der Waals surface area contributed by atoms with Gasteiger partial charge >= 0.3 is 17.9 Å². The maximum Gasteiger partial charge on any atom is 0.306 e. The smallest absolute Gasteiger partial charge is 0.306 e. The number of ether oxygens (including phenoxy) is 3. The molecule has 0 bridgehead atoms. The standard InChI is InChI=1S/C64H120O6/c1-4-7-10-13-16-19-22-25-27-29-30-31-32-33-35-36-39-42-45-48-51-54-57-63(66)69-60-61(59-68-62(65)56-53-50-47-44-41-38-24-21-18-15-12-9-6-3)70-64(67)58-55-52-49-46-43-40-37-34-28-26-23-20-17-14-11-8-5-2/h17,20,26,28,61H,4-16,18-19,21-25,27,29-60H2,1-3H3/b20-17-,28-26-. The number of carbonyl (C=O) groups excluding carboxylic acids is 3. The van der Waals surface area contributed by atoms with Crippen LogP contribution in [-0.2, 0) is 28.6 Å². The number of esters is 3. The van der Waals surface area contributed by atoms with Gasteiger partial charge in [0.2, 0.25) is 0 Å². The van der Waals surface area contributed by atoms with Crippen molar-refractivity contribution in [3.05, 3.63) is 24.3 Å². The third kappa shape index (κ3) is 56.8. The van der Waals surface area contributed by atoms with E-state index in [-0.39, 0.29) is 31.1 Å². The number of unbranched alkanes of at least 4 members (excludes halogenated alkanes) is 43. The van der Waals surface area contributed by atoms with Gasteiger partial charge in [0.1, 0.15) is 13.2 Å². The minimum atomic E-state index is -0.771. The first kappa shape index (κ1) is 67.9. The lowest BCUT2D eigenvalue weighted by Gasteiger charge is -2.18. The fourth-order valence-electron chi connectivity index (χ4n) is 9.48. The van der Waals surface area contributed by atoms with E-state index in [9.17, 15) is 14.4 Å². The molecule has 0 spiro atoms. The van der Waals surface area contributed by atoms with Gasteiger partial charge in [-0.15, -0.1) is 0 Å². The van der Waals surface area contributed by atoms with Crippen molar-refractivity contribution in [2.75, 3.05) is 13.2 Å². The van der Waals surface area contributed by atoms with Gasteiger partial charge in [0, 0.05) is 19.3 Å². The molecule has 1 atom stereocenters. The zero-order valence-electron chi connectivity index (χ0n) is 47.3.